The maximum Gasteiger partial charge on any atom is 0.243 e. The van der Waals surface area contributed by atoms with Crippen LogP contribution in [0.1, 0.15) is 13.3 Å². The minimum atomic E-state index is -4.05. The van der Waals surface area contributed by atoms with Gasteiger partial charge in [-0.05, 0) is 37.3 Å². The van der Waals surface area contributed by atoms with Gasteiger partial charge in [-0.3, -0.25) is 9.59 Å². The van der Waals surface area contributed by atoms with Gasteiger partial charge in [-0.25, -0.2) is 12.8 Å². The third-order valence-corrected chi connectivity index (χ3v) is 6.29. The number of nitrogens with zero attached hydrogens (tertiary/aromatic N) is 2. The van der Waals surface area contributed by atoms with E-state index in [0.29, 0.717) is 11.4 Å². The molecule has 0 saturated heterocycles. The molecule has 1 N–H and O–H groups in total. The van der Waals surface area contributed by atoms with E-state index in [1.54, 1.807) is 31.2 Å². The van der Waals surface area contributed by atoms with Crippen molar-refractivity contribution in [1.29, 1.82) is 0 Å². The number of hydrogen-bond acceptors (Lipinski definition) is 4. The molecule has 0 radical (unpaired) electrons. The predicted octanol–water partition coefficient (Wildman–Crippen LogP) is 2.21. The van der Waals surface area contributed by atoms with Crippen LogP contribution in [0.15, 0.2) is 53.4 Å². The number of anilines is 2. The number of amides is 2. The third kappa shape index (κ3) is 3.90. The monoisotopic (exact) mass is 405 g/mol. The topological polar surface area (TPSA) is 86.8 Å². The SMILES string of the molecule is CC1CC(=O)Nc2ccccc2N1C(=O)CN(C)S(=O)(=O)c1cccc(F)c1. The molecule has 2 amide bonds. The van der Waals surface area contributed by atoms with Crippen LogP contribution >= 0.6 is 0 Å². The number of sulfonamides is 1. The first-order valence-corrected chi connectivity index (χ1v) is 10.1. The second-order valence-corrected chi connectivity index (χ2v) is 8.65. The van der Waals surface area contributed by atoms with Crippen molar-refractivity contribution in [3.8, 4) is 0 Å². The number of halogens is 1. The highest BCUT2D eigenvalue weighted by Crippen LogP contribution is 2.31. The van der Waals surface area contributed by atoms with Crippen molar-refractivity contribution < 1.29 is 22.4 Å². The van der Waals surface area contributed by atoms with Gasteiger partial charge in [-0.2, -0.15) is 4.31 Å². The zero-order valence-electron chi connectivity index (χ0n) is 15.4. The van der Waals surface area contributed by atoms with Crippen LogP contribution in [0.5, 0.6) is 0 Å². The fourth-order valence-corrected chi connectivity index (χ4v) is 4.28. The summed E-state index contributed by atoms with van der Waals surface area (Å²) in [5, 5.41) is 2.75. The van der Waals surface area contributed by atoms with E-state index in [1.165, 1.54) is 24.1 Å². The van der Waals surface area contributed by atoms with Crippen LogP contribution in [0, 0.1) is 5.82 Å². The summed E-state index contributed by atoms with van der Waals surface area (Å²) in [5.41, 5.74) is 0.989. The predicted molar refractivity (Wildman–Crippen MR) is 103 cm³/mol. The minimum Gasteiger partial charge on any atom is -0.324 e. The molecule has 0 spiro atoms. The number of carbonyl (C=O) groups is 2. The summed E-state index contributed by atoms with van der Waals surface area (Å²) in [6, 6.07) is 11.0. The highest BCUT2D eigenvalue weighted by molar-refractivity contribution is 7.89. The van der Waals surface area contributed by atoms with Crippen molar-refractivity contribution in [2.24, 2.45) is 0 Å². The van der Waals surface area contributed by atoms with E-state index in [4.69, 9.17) is 0 Å². The number of rotatable bonds is 4. The summed E-state index contributed by atoms with van der Waals surface area (Å²) in [5.74, 6) is -1.39. The molecule has 148 valence electrons. The standard InChI is InChI=1S/C19H20FN3O4S/c1-13-10-18(24)21-16-8-3-4-9-17(16)23(13)19(25)12-22(2)28(26,27)15-7-5-6-14(20)11-15/h3-9,11,13H,10,12H2,1-2H3,(H,21,24). The molecule has 1 unspecified atom stereocenters. The van der Waals surface area contributed by atoms with Crippen LogP contribution in [-0.4, -0.2) is 44.2 Å². The van der Waals surface area contributed by atoms with E-state index >= 15 is 0 Å². The number of benzene rings is 2. The minimum absolute atomic E-state index is 0.0841. The normalized spacial score (nSPS) is 17.1. The van der Waals surface area contributed by atoms with Gasteiger partial charge in [0.05, 0.1) is 22.8 Å². The summed E-state index contributed by atoms with van der Waals surface area (Å²) in [7, 11) is -2.79. The Morgan fingerprint density at radius 2 is 1.96 bits per heavy atom. The summed E-state index contributed by atoms with van der Waals surface area (Å²) in [6.07, 6.45) is 0.0841. The van der Waals surface area contributed by atoms with E-state index in [9.17, 15) is 22.4 Å². The molecule has 7 nitrogen and oxygen atoms in total. The molecule has 0 fully saturated rings. The number of hydrogen-bond donors (Lipinski definition) is 1. The molecular weight excluding hydrogens is 385 g/mol. The van der Waals surface area contributed by atoms with Gasteiger partial charge in [0.15, 0.2) is 0 Å². The van der Waals surface area contributed by atoms with Gasteiger partial charge in [0.1, 0.15) is 5.82 Å². The summed E-state index contributed by atoms with van der Waals surface area (Å²) in [4.78, 5) is 26.2. The molecule has 9 heteroatoms. The number of likely N-dealkylation sites (N-methyl/N-ethyl adjacent to an activating group) is 1. The van der Waals surface area contributed by atoms with Crippen molar-refractivity contribution in [3.63, 3.8) is 0 Å². The van der Waals surface area contributed by atoms with Gasteiger partial charge < -0.3 is 10.2 Å². The Morgan fingerprint density at radius 3 is 2.68 bits per heavy atom. The highest BCUT2D eigenvalue weighted by Gasteiger charge is 2.32. The molecule has 0 aromatic heterocycles. The van der Waals surface area contributed by atoms with Gasteiger partial charge in [-0.15, -0.1) is 0 Å². The fraction of sp³-hybridized carbons (Fsp3) is 0.263. The molecule has 0 bridgehead atoms. The van der Waals surface area contributed by atoms with E-state index in [-0.39, 0.29) is 17.2 Å². The first-order valence-electron chi connectivity index (χ1n) is 8.63. The van der Waals surface area contributed by atoms with Gasteiger partial charge >= 0.3 is 0 Å². The lowest BCUT2D eigenvalue weighted by Crippen LogP contribution is -2.45. The Morgan fingerprint density at radius 1 is 1.25 bits per heavy atom. The maximum atomic E-state index is 13.4. The van der Waals surface area contributed by atoms with E-state index in [2.05, 4.69) is 5.32 Å². The first-order chi connectivity index (χ1) is 13.2. The molecule has 0 saturated carbocycles. The Balaban J connectivity index is 1.88. The van der Waals surface area contributed by atoms with Crippen LogP contribution < -0.4 is 10.2 Å². The van der Waals surface area contributed by atoms with Crippen molar-refractivity contribution >= 4 is 33.2 Å². The van der Waals surface area contributed by atoms with Crippen molar-refractivity contribution in [2.45, 2.75) is 24.3 Å². The van der Waals surface area contributed by atoms with Crippen LogP contribution in [-0.2, 0) is 19.6 Å². The van der Waals surface area contributed by atoms with Crippen molar-refractivity contribution in [1.82, 2.24) is 4.31 Å². The van der Waals surface area contributed by atoms with Gasteiger partial charge in [-0.1, -0.05) is 18.2 Å². The molecule has 1 aliphatic rings. The zero-order chi connectivity index (χ0) is 20.5. The van der Waals surface area contributed by atoms with Gasteiger partial charge in [0, 0.05) is 19.5 Å². The Hall–Kier alpha value is -2.78. The lowest BCUT2D eigenvalue weighted by atomic mass is 10.1. The summed E-state index contributed by atoms with van der Waals surface area (Å²) < 4.78 is 39.6. The molecule has 3 rings (SSSR count). The van der Waals surface area contributed by atoms with E-state index < -0.39 is 34.3 Å². The highest BCUT2D eigenvalue weighted by atomic mass is 32.2. The average molecular weight is 405 g/mol. The molecule has 0 aliphatic carbocycles. The number of fused-ring (bicyclic) bond motifs is 1. The lowest BCUT2D eigenvalue weighted by molar-refractivity contribution is -0.119. The van der Waals surface area contributed by atoms with Crippen molar-refractivity contribution in [3.05, 3.63) is 54.3 Å². The van der Waals surface area contributed by atoms with Crippen LogP contribution in [0.2, 0.25) is 0 Å². The molecule has 28 heavy (non-hydrogen) atoms. The third-order valence-electron chi connectivity index (χ3n) is 4.49. The smallest absolute Gasteiger partial charge is 0.243 e. The molecular formula is C19H20FN3O4S. The lowest BCUT2D eigenvalue weighted by Gasteiger charge is -2.29. The van der Waals surface area contributed by atoms with E-state index in [0.717, 1.165) is 16.4 Å². The molecule has 1 atom stereocenters. The second-order valence-electron chi connectivity index (χ2n) is 6.60. The van der Waals surface area contributed by atoms with Crippen LogP contribution in [0.3, 0.4) is 0 Å². The molecule has 2 aromatic rings. The van der Waals surface area contributed by atoms with Crippen LogP contribution in [0.25, 0.3) is 0 Å². The largest absolute Gasteiger partial charge is 0.324 e. The summed E-state index contributed by atoms with van der Waals surface area (Å²) >= 11 is 0. The quantitative estimate of drug-likeness (QED) is 0.845. The molecule has 1 heterocycles. The van der Waals surface area contributed by atoms with Gasteiger partial charge in [0.2, 0.25) is 21.8 Å². The fourth-order valence-electron chi connectivity index (χ4n) is 3.13. The summed E-state index contributed by atoms with van der Waals surface area (Å²) in [6.45, 7) is 1.27. The van der Waals surface area contributed by atoms with E-state index in [1.807, 2.05) is 0 Å². The Kier molecular flexibility index (Phi) is 5.48. The Labute approximate surface area is 162 Å². The molecule has 2 aromatic carbocycles. The number of carbonyl (C=O) groups excluding carboxylic acids is 2. The van der Waals surface area contributed by atoms with Crippen molar-refractivity contribution in [2.75, 3.05) is 23.8 Å². The maximum absolute atomic E-state index is 13.4. The zero-order valence-corrected chi connectivity index (χ0v) is 16.2. The Bertz CT molecular complexity index is 1030. The number of nitrogens with one attached hydrogen (secondary N) is 1. The van der Waals surface area contributed by atoms with Crippen LogP contribution in [0.4, 0.5) is 15.8 Å². The first kappa shape index (κ1) is 20.0. The average Bonchev–Trinajstić information content (AvgIpc) is 2.75. The number of para-hydroxylation sites is 2. The van der Waals surface area contributed by atoms with Gasteiger partial charge in [0.25, 0.3) is 0 Å². The second kappa shape index (κ2) is 7.69. The molecule has 1 aliphatic heterocycles.